The van der Waals surface area contributed by atoms with Gasteiger partial charge < -0.3 is 4.98 Å². The summed E-state index contributed by atoms with van der Waals surface area (Å²) in [5, 5.41) is 0.819. The van der Waals surface area contributed by atoms with Crippen LogP contribution in [0.4, 0.5) is 4.39 Å². The van der Waals surface area contributed by atoms with E-state index < -0.39 is 0 Å². The Morgan fingerprint density at radius 1 is 1.18 bits per heavy atom. The molecular weight excluding hydrogens is 215 g/mol. The third-order valence-corrected chi connectivity index (χ3v) is 2.93. The molecule has 0 aliphatic rings. The van der Waals surface area contributed by atoms with Crippen LogP contribution in [0.5, 0.6) is 0 Å². The van der Waals surface area contributed by atoms with Gasteiger partial charge in [-0.1, -0.05) is 24.3 Å². The first kappa shape index (κ1) is 10.0. The van der Waals surface area contributed by atoms with Crippen molar-refractivity contribution < 1.29 is 4.39 Å². The predicted molar refractivity (Wildman–Crippen MR) is 66.2 cm³/mol. The van der Waals surface area contributed by atoms with Gasteiger partial charge >= 0.3 is 0 Å². The van der Waals surface area contributed by atoms with E-state index in [0.29, 0.717) is 5.65 Å². The Hall–Kier alpha value is -2.16. The lowest BCUT2D eigenvalue weighted by molar-refractivity contribution is 0.624. The Labute approximate surface area is 98.1 Å². The number of nitrogens with zero attached hydrogens (tertiary/aromatic N) is 1. The average molecular weight is 226 g/mol. The third-order valence-electron chi connectivity index (χ3n) is 2.93. The number of rotatable bonds is 1. The number of H-pyrrole nitrogens is 1. The van der Waals surface area contributed by atoms with Crippen molar-refractivity contribution in [2.75, 3.05) is 0 Å². The zero-order valence-electron chi connectivity index (χ0n) is 9.37. The normalized spacial score (nSPS) is 10.9. The number of aromatic amines is 1. The minimum atomic E-state index is -0.313. The lowest BCUT2D eigenvalue weighted by Crippen LogP contribution is -1.83. The quantitative estimate of drug-likeness (QED) is 0.673. The molecule has 0 fully saturated rings. The highest BCUT2D eigenvalue weighted by Crippen LogP contribution is 2.30. The number of hydrogen-bond acceptors (Lipinski definition) is 1. The van der Waals surface area contributed by atoms with Crippen molar-refractivity contribution >= 4 is 11.0 Å². The molecule has 17 heavy (non-hydrogen) atoms. The minimum absolute atomic E-state index is 0.313. The molecule has 3 aromatic rings. The summed E-state index contributed by atoms with van der Waals surface area (Å²) in [6.07, 6.45) is 3.10. The van der Waals surface area contributed by atoms with Gasteiger partial charge in [0, 0.05) is 17.1 Å². The van der Waals surface area contributed by atoms with Crippen LogP contribution in [0.3, 0.4) is 0 Å². The molecule has 0 radical (unpaired) electrons. The van der Waals surface area contributed by atoms with Crippen LogP contribution in [-0.4, -0.2) is 9.97 Å². The lowest BCUT2D eigenvalue weighted by Gasteiger charge is -2.03. The highest BCUT2D eigenvalue weighted by molar-refractivity contribution is 5.94. The van der Waals surface area contributed by atoms with E-state index in [1.807, 2.05) is 37.4 Å². The molecule has 0 bridgehead atoms. The smallest absolute Gasteiger partial charge is 0.142 e. The second kappa shape index (κ2) is 3.70. The Morgan fingerprint density at radius 2 is 2.00 bits per heavy atom. The van der Waals surface area contributed by atoms with Crippen molar-refractivity contribution in [3.05, 3.63) is 54.1 Å². The SMILES string of the molecule is Cc1ccccc1-c1c[nH]c2ncc(F)cc12. The number of hydrogen-bond donors (Lipinski definition) is 1. The number of nitrogens with one attached hydrogen (secondary N) is 1. The summed E-state index contributed by atoms with van der Waals surface area (Å²) >= 11 is 0. The van der Waals surface area contributed by atoms with Crippen LogP contribution < -0.4 is 0 Å². The van der Waals surface area contributed by atoms with Crippen molar-refractivity contribution in [3.63, 3.8) is 0 Å². The molecule has 0 atom stereocenters. The number of fused-ring (bicyclic) bond motifs is 1. The second-order valence-corrected chi connectivity index (χ2v) is 4.07. The second-order valence-electron chi connectivity index (χ2n) is 4.07. The van der Waals surface area contributed by atoms with E-state index in [9.17, 15) is 4.39 Å². The van der Waals surface area contributed by atoms with Crippen molar-refractivity contribution in [1.29, 1.82) is 0 Å². The molecule has 2 aromatic heterocycles. The summed E-state index contributed by atoms with van der Waals surface area (Å²) < 4.78 is 13.2. The van der Waals surface area contributed by atoms with Crippen LogP contribution in [0.1, 0.15) is 5.56 Å². The molecule has 3 rings (SSSR count). The van der Waals surface area contributed by atoms with E-state index in [1.54, 1.807) is 0 Å². The molecule has 1 N–H and O–H groups in total. The van der Waals surface area contributed by atoms with Crippen LogP contribution in [0.25, 0.3) is 22.2 Å². The molecule has 84 valence electrons. The predicted octanol–water partition coefficient (Wildman–Crippen LogP) is 3.68. The Balaban J connectivity index is 2.31. The highest BCUT2D eigenvalue weighted by atomic mass is 19.1. The number of aromatic nitrogens is 2. The van der Waals surface area contributed by atoms with E-state index in [2.05, 4.69) is 9.97 Å². The van der Waals surface area contributed by atoms with Gasteiger partial charge in [-0.25, -0.2) is 9.37 Å². The first-order valence-electron chi connectivity index (χ1n) is 5.44. The maximum absolute atomic E-state index is 13.2. The summed E-state index contributed by atoms with van der Waals surface area (Å²) in [7, 11) is 0. The molecule has 0 spiro atoms. The van der Waals surface area contributed by atoms with E-state index >= 15 is 0 Å². The van der Waals surface area contributed by atoms with Crippen LogP contribution in [0, 0.1) is 12.7 Å². The number of benzene rings is 1. The Kier molecular flexibility index (Phi) is 2.18. The van der Waals surface area contributed by atoms with Crippen molar-refractivity contribution in [2.45, 2.75) is 6.92 Å². The van der Waals surface area contributed by atoms with Crippen molar-refractivity contribution in [3.8, 4) is 11.1 Å². The van der Waals surface area contributed by atoms with E-state index in [-0.39, 0.29) is 5.82 Å². The molecule has 2 heterocycles. The van der Waals surface area contributed by atoms with Gasteiger partial charge in [-0.05, 0) is 24.1 Å². The molecule has 0 aliphatic heterocycles. The van der Waals surface area contributed by atoms with Crippen LogP contribution in [0.2, 0.25) is 0 Å². The average Bonchev–Trinajstić information content (AvgIpc) is 2.72. The molecule has 0 saturated carbocycles. The zero-order valence-corrected chi connectivity index (χ0v) is 9.37. The van der Waals surface area contributed by atoms with E-state index in [1.165, 1.54) is 12.3 Å². The summed E-state index contributed by atoms with van der Waals surface area (Å²) in [4.78, 5) is 7.09. The van der Waals surface area contributed by atoms with E-state index in [4.69, 9.17) is 0 Å². The number of halogens is 1. The fourth-order valence-corrected chi connectivity index (χ4v) is 2.08. The van der Waals surface area contributed by atoms with Gasteiger partial charge in [-0.2, -0.15) is 0 Å². The minimum Gasteiger partial charge on any atom is -0.346 e. The molecule has 0 unspecified atom stereocenters. The number of aryl methyl sites for hydroxylation is 1. The molecule has 1 aromatic carbocycles. The molecule has 0 saturated heterocycles. The van der Waals surface area contributed by atoms with Gasteiger partial charge in [0.05, 0.1) is 6.20 Å². The molecular formula is C14H11FN2. The largest absolute Gasteiger partial charge is 0.346 e. The zero-order chi connectivity index (χ0) is 11.8. The molecule has 0 aliphatic carbocycles. The van der Waals surface area contributed by atoms with Crippen molar-refractivity contribution in [2.24, 2.45) is 0 Å². The van der Waals surface area contributed by atoms with Crippen LogP contribution in [-0.2, 0) is 0 Å². The topological polar surface area (TPSA) is 28.7 Å². The summed E-state index contributed by atoms with van der Waals surface area (Å²) in [5.41, 5.74) is 3.97. The fourth-order valence-electron chi connectivity index (χ4n) is 2.08. The summed E-state index contributed by atoms with van der Waals surface area (Å²) in [5.74, 6) is -0.313. The first-order valence-corrected chi connectivity index (χ1v) is 5.44. The highest BCUT2D eigenvalue weighted by Gasteiger charge is 2.09. The van der Waals surface area contributed by atoms with Crippen LogP contribution >= 0.6 is 0 Å². The Bertz CT molecular complexity index is 686. The van der Waals surface area contributed by atoms with Crippen molar-refractivity contribution in [1.82, 2.24) is 9.97 Å². The summed E-state index contributed by atoms with van der Waals surface area (Å²) in [6.45, 7) is 2.04. The summed E-state index contributed by atoms with van der Waals surface area (Å²) in [6, 6.07) is 9.56. The van der Waals surface area contributed by atoms with E-state index in [0.717, 1.165) is 22.1 Å². The standard InChI is InChI=1S/C14H11FN2/c1-9-4-2-3-5-11(9)13-8-17-14-12(13)6-10(15)7-16-14/h2-8H,1H3,(H,16,17). The van der Waals surface area contributed by atoms with Crippen LogP contribution in [0.15, 0.2) is 42.7 Å². The van der Waals surface area contributed by atoms with Gasteiger partial charge in [0.1, 0.15) is 11.5 Å². The van der Waals surface area contributed by atoms with Gasteiger partial charge in [0.25, 0.3) is 0 Å². The van der Waals surface area contributed by atoms with Gasteiger partial charge in [0.2, 0.25) is 0 Å². The lowest BCUT2D eigenvalue weighted by atomic mass is 10.0. The first-order chi connectivity index (χ1) is 8.25. The van der Waals surface area contributed by atoms with Gasteiger partial charge in [0.15, 0.2) is 0 Å². The Morgan fingerprint density at radius 3 is 2.82 bits per heavy atom. The monoisotopic (exact) mass is 226 g/mol. The maximum Gasteiger partial charge on any atom is 0.142 e. The van der Waals surface area contributed by atoms with Gasteiger partial charge in [-0.15, -0.1) is 0 Å². The molecule has 3 heteroatoms. The maximum atomic E-state index is 13.2. The molecule has 0 amide bonds. The number of pyridine rings is 1. The third kappa shape index (κ3) is 1.60. The molecule has 2 nitrogen and oxygen atoms in total. The fraction of sp³-hybridized carbons (Fsp3) is 0.0714. The van der Waals surface area contributed by atoms with Gasteiger partial charge in [-0.3, -0.25) is 0 Å².